The summed E-state index contributed by atoms with van der Waals surface area (Å²) in [5, 5.41) is 2.16. The highest BCUT2D eigenvalue weighted by atomic mass is 15.7. The van der Waals surface area contributed by atoms with Crippen LogP contribution in [0.4, 0.5) is 0 Å². The van der Waals surface area contributed by atoms with Gasteiger partial charge in [-0.05, 0) is 19.3 Å². The maximum absolute atomic E-state index is 3.12. The second kappa shape index (κ2) is 2.60. The fraction of sp³-hybridized carbons (Fsp3) is 0.714. The van der Waals surface area contributed by atoms with E-state index in [1.165, 1.54) is 19.3 Å². The molecule has 0 aliphatic carbocycles. The van der Waals surface area contributed by atoms with E-state index in [0.29, 0.717) is 0 Å². The van der Waals surface area contributed by atoms with Gasteiger partial charge in [0.25, 0.3) is 0 Å². The topological polar surface area (TPSA) is 27.3 Å². The van der Waals surface area contributed by atoms with Crippen molar-refractivity contribution in [2.24, 2.45) is 0 Å². The van der Waals surface area contributed by atoms with Gasteiger partial charge in [-0.2, -0.15) is 5.53 Å². The Hall–Kier alpha value is -0.540. The SMILES string of the molecule is C1=CN2NNCCC2CC1. The summed E-state index contributed by atoms with van der Waals surface area (Å²) in [6.45, 7) is 1.09. The van der Waals surface area contributed by atoms with E-state index in [4.69, 9.17) is 0 Å². The number of nitrogens with one attached hydrogen (secondary N) is 2. The smallest absolute Gasteiger partial charge is 0.0477 e. The van der Waals surface area contributed by atoms with Crippen LogP contribution in [0.5, 0.6) is 0 Å². The number of allylic oxidation sites excluding steroid dienone is 1. The Labute approximate surface area is 61.0 Å². The molecule has 3 nitrogen and oxygen atoms in total. The zero-order chi connectivity index (χ0) is 6.81. The molecule has 0 aromatic rings. The van der Waals surface area contributed by atoms with Crippen LogP contribution in [-0.2, 0) is 0 Å². The normalized spacial score (nSPS) is 32.0. The molecule has 56 valence electrons. The highest BCUT2D eigenvalue weighted by Crippen LogP contribution is 2.16. The molecule has 2 N–H and O–H groups in total. The molecule has 10 heavy (non-hydrogen) atoms. The third-order valence-electron chi connectivity index (χ3n) is 2.14. The molecule has 0 spiro atoms. The van der Waals surface area contributed by atoms with Crippen molar-refractivity contribution in [1.29, 1.82) is 0 Å². The first-order chi connectivity index (χ1) is 4.97. The van der Waals surface area contributed by atoms with Crippen LogP contribution < -0.4 is 11.0 Å². The van der Waals surface area contributed by atoms with Gasteiger partial charge in [-0.3, -0.25) is 5.01 Å². The van der Waals surface area contributed by atoms with E-state index in [1.807, 2.05) is 0 Å². The number of hydrogen-bond donors (Lipinski definition) is 2. The Morgan fingerprint density at radius 3 is 3.30 bits per heavy atom. The lowest BCUT2D eigenvalue weighted by molar-refractivity contribution is 0.0980. The van der Waals surface area contributed by atoms with Gasteiger partial charge >= 0.3 is 0 Å². The molecule has 0 aromatic carbocycles. The monoisotopic (exact) mass is 139 g/mol. The lowest BCUT2D eigenvalue weighted by Gasteiger charge is -2.37. The summed E-state index contributed by atoms with van der Waals surface area (Å²) in [5.74, 6) is 0. The summed E-state index contributed by atoms with van der Waals surface area (Å²) in [7, 11) is 0. The van der Waals surface area contributed by atoms with Crippen LogP contribution in [0.15, 0.2) is 12.3 Å². The van der Waals surface area contributed by atoms with Gasteiger partial charge in [-0.25, -0.2) is 5.43 Å². The van der Waals surface area contributed by atoms with E-state index in [1.54, 1.807) is 0 Å². The molecular formula is C7H13N3. The third-order valence-corrected chi connectivity index (χ3v) is 2.14. The molecule has 1 saturated heterocycles. The number of fused-ring (bicyclic) bond motifs is 1. The van der Waals surface area contributed by atoms with Crippen molar-refractivity contribution in [3.05, 3.63) is 12.3 Å². The molecule has 1 fully saturated rings. The molecule has 2 heterocycles. The maximum atomic E-state index is 3.12. The van der Waals surface area contributed by atoms with Crippen LogP contribution in [-0.4, -0.2) is 17.6 Å². The summed E-state index contributed by atoms with van der Waals surface area (Å²) in [6.07, 6.45) is 8.13. The fourth-order valence-corrected chi connectivity index (χ4v) is 1.54. The Kier molecular flexibility index (Phi) is 1.61. The lowest BCUT2D eigenvalue weighted by atomic mass is 10.0. The fourth-order valence-electron chi connectivity index (χ4n) is 1.54. The zero-order valence-corrected chi connectivity index (χ0v) is 6.01. The lowest BCUT2D eigenvalue weighted by Crippen LogP contribution is -2.55. The van der Waals surface area contributed by atoms with Crippen LogP contribution in [0.2, 0.25) is 0 Å². The molecule has 2 rings (SSSR count). The van der Waals surface area contributed by atoms with Crippen molar-refractivity contribution < 1.29 is 0 Å². The number of hydrogen-bond acceptors (Lipinski definition) is 3. The predicted octanol–water partition coefficient (Wildman–Crippen LogP) is 0.377. The van der Waals surface area contributed by atoms with Gasteiger partial charge in [0.05, 0.1) is 0 Å². The summed E-state index contributed by atoms with van der Waals surface area (Å²) in [6, 6.07) is 0.728. The van der Waals surface area contributed by atoms with Gasteiger partial charge in [0.2, 0.25) is 0 Å². The minimum Gasteiger partial charge on any atom is -0.300 e. The van der Waals surface area contributed by atoms with Gasteiger partial charge in [-0.15, -0.1) is 0 Å². The second-order valence-corrected chi connectivity index (χ2v) is 2.85. The Morgan fingerprint density at radius 2 is 2.40 bits per heavy atom. The first kappa shape index (κ1) is 6.19. The first-order valence-corrected chi connectivity index (χ1v) is 3.90. The van der Waals surface area contributed by atoms with E-state index in [-0.39, 0.29) is 0 Å². The number of hydrazine groups is 2. The highest BCUT2D eigenvalue weighted by Gasteiger charge is 2.20. The molecule has 0 aromatic heterocycles. The van der Waals surface area contributed by atoms with Crippen molar-refractivity contribution in [2.75, 3.05) is 6.54 Å². The maximum Gasteiger partial charge on any atom is 0.0477 e. The van der Waals surface area contributed by atoms with Crippen molar-refractivity contribution in [3.8, 4) is 0 Å². The predicted molar refractivity (Wildman–Crippen MR) is 39.8 cm³/mol. The molecule has 1 atom stereocenters. The van der Waals surface area contributed by atoms with Crippen molar-refractivity contribution >= 4 is 0 Å². The third kappa shape index (κ3) is 1.02. The van der Waals surface area contributed by atoms with E-state index < -0.39 is 0 Å². The van der Waals surface area contributed by atoms with Gasteiger partial charge in [0.15, 0.2) is 0 Å². The standard InChI is InChI=1S/C7H13N3/c1-2-6-10-7(3-1)4-5-8-9-10/h2,6-9H,1,3-5H2. The average Bonchev–Trinajstić information content (AvgIpc) is 2.05. The number of rotatable bonds is 0. The molecule has 0 saturated carbocycles. The molecule has 3 heteroatoms. The van der Waals surface area contributed by atoms with Crippen molar-refractivity contribution in [3.63, 3.8) is 0 Å². The first-order valence-electron chi connectivity index (χ1n) is 3.90. The van der Waals surface area contributed by atoms with Crippen molar-refractivity contribution in [2.45, 2.75) is 25.3 Å². The van der Waals surface area contributed by atoms with E-state index in [0.717, 1.165) is 12.6 Å². The molecule has 0 bridgehead atoms. The summed E-state index contributed by atoms with van der Waals surface area (Å²) in [5.41, 5.74) is 6.23. The zero-order valence-electron chi connectivity index (χ0n) is 6.01. The van der Waals surface area contributed by atoms with Crippen LogP contribution in [0, 0.1) is 0 Å². The van der Waals surface area contributed by atoms with Crippen LogP contribution in [0.1, 0.15) is 19.3 Å². The Bertz CT molecular complexity index is 144. The summed E-state index contributed by atoms with van der Waals surface area (Å²) >= 11 is 0. The van der Waals surface area contributed by atoms with E-state index in [2.05, 4.69) is 28.2 Å². The van der Waals surface area contributed by atoms with Crippen LogP contribution in [0.25, 0.3) is 0 Å². The van der Waals surface area contributed by atoms with Crippen molar-refractivity contribution in [1.82, 2.24) is 16.0 Å². The minimum absolute atomic E-state index is 0.728. The van der Waals surface area contributed by atoms with Gasteiger partial charge in [0.1, 0.15) is 0 Å². The molecule has 1 unspecified atom stereocenters. The summed E-state index contributed by atoms with van der Waals surface area (Å²) in [4.78, 5) is 0. The Balaban J connectivity index is 2.03. The Morgan fingerprint density at radius 1 is 1.40 bits per heavy atom. The average molecular weight is 139 g/mol. The van der Waals surface area contributed by atoms with Gasteiger partial charge in [-0.1, -0.05) is 6.08 Å². The van der Waals surface area contributed by atoms with E-state index in [9.17, 15) is 0 Å². The van der Waals surface area contributed by atoms with Gasteiger partial charge in [0, 0.05) is 18.8 Å². The minimum atomic E-state index is 0.728. The molecule has 0 amide bonds. The molecule has 2 aliphatic heterocycles. The largest absolute Gasteiger partial charge is 0.300 e. The second-order valence-electron chi connectivity index (χ2n) is 2.85. The number of nitrogens with zero attached hydrogens (tertiary/aromatic N) is 1. The molecular weight excluding hydrogens is 126 g/mol. The van der Waals surface area contributed by atoms with E-state index >= 15 is 0 Å². The van der Waals surface area contributed by atoms with Crippen LogP contribution in [0.3, 0.4) is 0 Å². The molecule has 2 aliphatic rings. The summed E-state index contributed by atoms with van der Waals surface area (Å²) < 4.78 is 0. The van der Waals surface area contributed by atoms with Gasteiger partial charge < -0.3 is 0 Å². The quantitative estimate of drug-likeness (QED) is 0.508. The highest BCUT2D eigenvalue weighted by molar-refractivity contribution is 4.92. The van der Waals surface area contributed by atoms with Crippen LogP contribution >= 0.6 is 0 Å². The molecule has 0 radical (unpaired) electrons.